The second-order valence-electron chi connectivity index (χ2n) is 3.80. The van der Waals surface area contributed by atoms with Crippen molar-refractivity contribution in [3.63, 3.8) is 0 Å². The van der Waals surface area contributed by atoms with Gasteiger partial charge in [0.15, 0.2) is 0 Å². The zero-order valence-corrected chi connectivity index (χ0v) is 9.60. The van der Waals surface area contributed by atoms with E-state index in [0.717, 1.165) is 24.8 Å². The molecule has 1 rings (SSSR count). The largest absolute Gasteiger partial charge is 0.481 e. The summed E-state index contributed by atoms with van der Waals surface area (Å²) in [5.74, 6) is -1.31. The van der Waals surface area contributed by atoms with E-state index < -0.39 is 11.9 Å². The minimum atomic E-state index is -0.793. The molecular weight excluding hydrogens is 200 g/mol. The topological polar surface area (TPSA) is 37.3 Å². The van der Waals surface area contributed by atoms with E-state index in [1.54, 1.807) is 6.08 Å². The van der Waals surface area contributed by atoms with E-state index in [4.69, 9.17) is 5.11 Å². The fourth-order valence-electron chi connectivity index (χ4n) is 1.55. The van der Waals surface area contributed by atoms with Crippen molar-refractivity contribution in [3.05, 3.63) is 48.0 Å². The Morgan fingerprint density at radius 3 is 2.62 bits per heavy atom. The molecule has 1 aromatic rings. The van der Waals surface area contributed by atoms with Crippen LogP contribution in [0.15, 0.2) is 42.5 Å². The number of carbonyl (C=O) groups is 1. The van der Waals surface area contributed by atoms with Crippen LogP contribution in [0.3, 0.4) is 0 Å². The quantitative estimate of drug-likeness (QED) is 0.585. The van der Waals surface area contributed by atoms with Crippen LogP contribution in [0.2, 0.25) is 0 Å². The molecule has 0 radical (unpaired) electrons. The summed E-state index contributed by atoms with van der Waals surface area (Å²) in [6.07, 6.45) is 6.95. The van der Waals surface area contributed by atoms with Crippen molar-refractivity contribution >= 4 is 5.97 Å². The van der Waals surface area contributed by atoms with Crippen molar-refractivity contribution in [1.82, 2.24) is 0 Å². The number of allylic oxidation sites excluding steroid dienone is 1. The molecule has 1 N–H and O–H groups in total. The van der Waals surface area contributed by atoms with Crippen molar-refractivity contribution < 1.29 is 9.90 Å². The third kappa shape index (κ3) is 3.89. The lowest BCUT2D eigenvalue weighted by atomic mass is 9.98. The molecule has 0 amide bonds. The minimum absolute atomic E-state index is 0.516. The molecule has 2 heteroatoms. The van der Waals surface area contributed by atoms with Gasteiger partial charge in [-0.15, -0.1) is 0 Å². The summed E-state index contributed by atoms with van der Waals surface area (Å²) in [5, 5.41) is 9.13. The van der Waals surface area contributed by atoms with E-state index in [9.17, 15) is 4.79 Å². The number of benzene rings is 1. The number of aliphatic carboxylic acids is 1. The van der Waals surface area contributed by atoms with Crippen LogP contribution in [-0.4, -0.2) is 11.1 Å². The maximum absolute atomic E-state index is 11.1. The Bertz CT molecular complexity index is 341. The molecule has 1 atom stereocenters. The van der Waals surface area contributed by atoms with E-state index in [2.05, 4.69) is 6.92 Å². The molecule has 0 aliphatic heterocycles. The van der Waals surface area contributed by atoms with Gasteiger partial charge in [0.25, 0.3) is 0 Å². The van der Waals surface area contributed by atoms with Crippen LogP contribution in [-0.2, 0) is 4.79 Å². The molecule has 2 nitrogen and oxygen atoms in total. The summed E-state index contributed by atoms with van der Waals surface area (Å²) >= 11 is 0. The summed E-state index contributed by atoms with van der Waals surface area (Å²) in [5.41, 5.74) is 0.836. The molecule has 1 aromatic carbocycles. The highest BCUT2D eigenvalue weighted by molar-refractivity contribution is 5.78. The highest BCUT2D eigenvalue weighted by Gasteiger charge is 2.15. The van der Waals surface area contributed by atoms with Crippen LogP contribution in [0.4, 0.5) is 0 Å². The maximum Gasteiger partial charge on any atom is 0.314 e. The zero-order chi connectivity index (χ0) is 11.8. The molecule has 16 heavy (non-hydrogen) atoms. The van der Waals surface area contributed by atoms with Gasteiger partial charge < -0.3 is 5.11 Å². The van der Waals surface area contributed by atoms with E-state index in [1.165, 1.54) is 0 Å². The lowest BCUT2D eigenvalue weighted by molar-refractivity contribution is -0.137. The fraction of sp³-hybridized carbons (Fsp3) is 0.357. The van der Waals surface area contributed by atoms with Gasteiger partial charge in [-0.1, -0.05) is 62.2 Å². The van der Waals surface area contributed by atoms with Crippen molar-refractivity contribution in [1.29, 1.82) is 0 Å². The van der Waals surface area contributed by atoms with Gasteiger partial charge in [0.05, 0.1) is 5.92 Å². The Morgan fingerprint density at radius 2 is 2.06 bits per heavy atom. The van der Waals surface area contributed by atoms with Crippen LogP contribution in [0.25, 0.3) is 0 Å². The highest BCUT2D eigenvalue weighted by atomic mass is 16.4. The Labute approximate surface area is 96.6 Å². The molecule has 0 bridgehead atoms. The van der Waals surface area contributed by atoms with Crippen LogP contribution in [0.5, 0.6) is 0 Å². The summed E-state index contributed by atoms with van der Waals surface area (Å²) in [6.45, 7) is 2.12. The predicted molar refractivity (Wildman–Crippen MR) is 65.5 cm³/mol. The molecule has 0 heterocycles. The first-order valence-electron chi connectivity index (χ1n) is 5.70. The number of unbranched alkanes of at least 4 members (excludes halogenated alkanes) is 2. The fourth-order valence-corrected chi connectivity index (χ4v) is 1.55. The van der Waals surface area contributed by atoms with E-state index in [1.807, 2.05) is 36.4 Å². The highest BCUT2D eigenvalue weighted by Crippen LogP contribution is 2.17. The number of carboxylic acid groups (broad SMARTS) is 1. The molecule has 0 aliphatic rings. The average Bonchev–Trinajstić information content (AvgIpc) is 2.30. The summed E-state index contributed by atoms with van der Waals surface area (Å²) in [6, 6.07) is 9.32. The van der Waals surface area contributed by atoms with Crippen molar-refractivity contribution in [3.8, 4) is 0 Å². The van der Waals surface area contributed by atoms with E-state index in [0.29, 0.717) is 0 Å². The van der Waals surface area contributed by atoms with Crippen LogP contribution in [0, 0.1) is 0 Å². The number of carboxylic acids is 1. The second kappa shape index (κ2) is 6.83. The summed E-state index contributed by atoms with van der Waals surface area (Å²) in [4.78, 5) is 11.1. The monoisotopic (exact) mass is 218 g/mol. The molecule has 86 valence electrons. The molecule has 0 spiro atoms. The lowest BCUT2D eigenvalue weighted by Crippen LogP contribution is -2.08. The molecule has 0 aromatic heterocycles. The van der Waals surface area contributed by atoms with Crippen molar-refractivity contribution in [2.75, 3.05) is 0 Å². The van der Waals surface area contributed by atoms with Gasteiger partial charge in [-0.3, -0.25) is 4.79 Å². The Morgan fingerprint density at radius 1 is 1.38 bits per heavy atom. The molecule has 0 saturated carbocycles. The van der Waals surface area contributed by atoms with Gasteiger partial charge in [-0.2, -0.15) is 0 Å². The maximum atomic E-state index is 11.1. The first-order chi connectivity index (χ1) is 7.75. The van der Waals surface area contributed by atoms with Crippen LogP contribution >= 0.6 is 0 Å². The van der Waals surface area contributed by atoms with Gasteiger partial charge in [0.1, 0.15) is 0 Å². The van der Waals surface area contributed by atoms with Gasteiger partial charge in [-0.05, 0) is 12.0 Å². The van der Waals surface area contributed by atoms with Crippen LogP contribution in [0.1, 0.15) is 37.7 Å². The molecule has 0 aliphatic carbocycles. The summed E-state index contributed by atoms with van der Waals surface area (Å²) < 4.78 is 0. The molecule has 1 unspecified atom stereocenters. The van der Waals surface area contributed by atoms with Gasteiger partial charge >= 0.3 is 5.97 Å². The third-order valence-corrected chi connectivity index (χ3v) is 2.48. The van der Waals surface area contributed by atoms with E-state index >= 15 is 0 Å². The normalized spacial score (nSPS) is 12.8. The van der Waals surface area contributed by atoms with Gasteiger partial charge in [-0.25, -0.2) is 0 Å². The third-order valence-electron chi connectivity index (χ3n) is 2.48. The van der Waals surface area contributed by atoms with E-state index in [-0.39, 0.29) is 0 Å². The summed E-state index contributed by atoms with van der Waals surface area (Å²) in [7, 11) is 0. The first kappa shape index (κ1) is 12.5. The molecular formula is C14H18O2. The minimum Gasteiger partial charge on any atom is -0.481 e. The lowest BCUT2D eigenvalue weighted by Gasteiger charge is -2.07. The second-order valence-corrected chi connectivity index (χ2v) is 3.80. The van der Waals surface area contributed by atoms with Gasteiger partial charge in [0, 0.05) is 0 Å². The number of hydrogen-bond donors (Lipinski definition) is 1. The average molecular weight is 218 g/mol. The predicted octanol–water partition coefficient (Wildman–Crippen LogP) is 3.60. The molecule has 0 saturated heterocycles. The smallest absolute Gasteiger partial charge is 0.314 e. The van der Waals surface area contributed by atoms with Crippen molar-refractivity contribution in [2.24, 2.45) is 0 Å². The molecule has 0 fully saturated rings. The van der Waals surface area contributed by atoms with Crippen LogP contribution < -0.4 is 0 Å². The van der Waals surface area contributed by atoms with Crippen molar-refractivity contribution in [2.45, 2.75) is 32.1 Å². The Balaban J connectivity index is 2.69. The Hall–Kier alpha value is -1.57. The standard InChI is InChI=1S/C14H18O2/c1-2-3-4-8-11-13(14(15)16)12-9-6-5-7-10-12/h5-11,13H,2-4H2,1H3,(H,15,16)/b11-8+. The zero-order valence-electron chi connectivity index (χ0n) is 9.60. The number of rotatable bonds is 6. The van der Waals surface area contributed by atoms with Gasteiger partial charge in [0.2, 0.25) is 0 Å². The number of hydrogen-bond acceptors (Lipinski definition) is 1. The SMILES string of the molecule is CCCC/C=C/C(C(=O)O)c1ccccc1. The first-order valence-corrected chi connectivity index (χ1v) is 5.70. The Kier molecular flexibility index (Phi) is 5.34.